The average molecular weight is 302 g/mol. The van der Waals surface area contributed by atoms with Crippen molar-refractivity contribution in [3.8, 4) is 0 Å². The van der Waals surface area contributed by atoms with E-state index in [4.69, 9.17) is 4.74 Å². The first-order valence-electron chi connectivity index (χ1n) is 7.09. The van der Waals surface area contributed by atoms with Crippen LogP contribution >= 0.6 is 0 Å². The van der Waals surface area contributed by atoms with Crippen LogP contribution in [0.2, 0.25) is 0 Å². The first kappa shape index (κ1) is 15.7. The summed E-state index contributed by atoms with van der Waals surface area (Å²) in [6, 6.07) is 1.02. The van der Waals surface area contributed by atoms with Crippen molar-refractivity contribution < 1.29 is 18.3 Å². The van der Waals surface area contributed by atoms with Gasteiger partial charge in [-0.2, -0.15) is 5.10 Å². The zero-order chi connectivity index (χ0) is 15.2. The number of urea groups is 1. The molecule has 0 radical (unpaired) electrons. The van der Waals surface area contributed by atoms with Crippen LogP contribution in [0.15, 0.2) is 12.3 Å². The number of halogens is 2. The third-order valence-electron chi connectivity index (χ3n) is 3.38. The highest BCUT2D eigenvalue weighted by Crippen LogP contribution is 2.17. The maximum absolute atomic E-state index is 12.2. The molecule has 0 saturated carbocycles. The lowest BCUT2D eigenvalue weighted by Crippen LogP contribution is -2.44. The Morgan fingerprint density at radius 2 is 2.43 bits per heavy atom. The van der Waals surface area contributed by atoms with Crippen molar-refractivity contribution in [1.29, 1.82) is 0 Å². The molecule has 0 unspecified atom stereocenters. The summed E-state index contributed by atoms with van der Waals surface area (Å²) in [6.07, 6.45) is 1.66. The van der Waals surface area contributed by atoms with Crippen LogP contribution in [0.5, 0.6) is 0 Å². The molecular weight excluding hydrogens is 282 g/mol. The molecule has 0 bridgehead atoms. The van der Waals surface area contributed by atoms with E-state index in [9.17, 15) is 13.6 Å². The summed E-state index contributed by atoms with van der Waals surface area (Å²) in [5, 5.41) is 9.23. The number of anilines is 1. The Morgan fingerprint density at radius 3 is 3.05 bits per heavy atom. The molecule has 1 aliphatic heterocycles. The molecular formula is C13H20F2N4O2. The normalized spacial score (nSPS) is 19.7. The summed E-state index contributed by atoms with van der Waals surface area (Å²) in [7, 11) is 0. The molecule has 1 aromatic heterocycles. The van der Waals surface area contributed by atoms with Crippen LogP contribution in [0.3, 0.4) is 0 Å². The molecule has 2 amide bonds. The number of carbonyl (C=O) groups excluding carboxylic acids is 1. The fourth-order valence-corrected chi connectivity index (χ4v) is 2.37. The number of aromatic nitrogens is 2. The second-order valence-corrected chi connectivity index (χ2v) is 4.98. The molecule has 118 valence electrons. The fourth-order valence-electron chi connectivity index (χ4n) is 2.37. The third-order valence-corrected chi connectivity index (χ3v) is 3.38. The minimum atomic E-state index is -2.48. The highest BCUT2D eigenvalue weighted by Gasteiger charge is 2.26. The summed E-state index contributed by atoms with van der Waals surface area (Å²) in [4.78, 5) is 11.9. The molecule has 8 heteroatoms. The predicted octanol–water partition coefficient (Wildman–Crippen LogP) is 2.23. The molecule has 1 aliphatic rings. The molecule has 1 saturated heterocycles. The molecule has 2 atom stereocenters. The van der Waals surface area contributed by atoms with E-state index in [1.54, 1.807) is 0 Å². The van der Waals surface area contributed by atoms with Gasteiger partial charge in [0.15, 0.2) is 5.82 Å². The lowest BCUT2D eigenvalue weighted by molar-refractivity contribution is 0.0804. The van der Waals surface area contributed by atoms with Gasteiger partial charge in [-0.05, 0) is 19.3 Å². The average Bonchev–Trinajstić information content (AvgIpc) is 3.07. The van der Waals surface area contributed by atoms with E-state index in [2.05, 4.69) is 15.7 Å². The molecule has 0 aliphatic carbocycles. The van der Waals surface area contributed by atoms with Crippen LogP contribution in [0.4, 0.5) is 19.4 Å². The van der Waals surface area contributed by atoms with E-state index >= 15 is 0 Å². The molecule has 21 heavy (non-hydrogen) atoms. The van der Waals surface area contributed by atoms with Gasteiger partial charge >= 0.3 is 6.03 Å². The molecule has 2 rings (SSSR count). The zero-order valence-corrected chi connectivity index (χ0v) is 11.9. The largest absolute Gasteiger partial charge is 0.376 e. The van der Waals surface area contributed by atoms with Crippen LogP contribution < -0.4 is 10.6 Å². The number of hydrogen-bond donors (Lipinski definition) is 2. The van der Waals surface area contributed by atoms with Crippen LogP contribution in [-0.4, -0.2) is 41.0 Å². The quantitative estimate of drug-likeness (QED) is 0.846. The van der Waals surface area contributed by atoms with Crippen molar-refractivity contribution in [2.75, 3.05) is 11.9 Å². The molecule has 0 aromatic carbocycles. The Bertz CT molecular complexity index is 461. The Kier molecular flexibility index (Phi) is 5.49. The van der Waals surface area contributed by atoms with Crippen LogP contribution in [0.1, 0.15) is 26.2 Å². The van der Waals surface area contributed by atoms with E-state index in [0.29, 0.717) is 0 Å². The van der Waals surface area contributed by atoms with Gasteiger partial charge in [0.25, 0.3) is 6.43 Å². The third kappa shape index (κ3) is 4.66. The first-order chi connectivity index (χ1) is 10.1. The van der Waals surface area contributed by atoms with Gasteiger partial charge < -0.3 is 10.1 Å². The van der Waals surface area contributed by atoms with Crippen molar-refractivity contribution in [3.63, 3.8) is 0 Å². The summed E-state index contributed by atoms with van der Waals surface area (Å²) < 4.78 is 31.1. The molecule has 2 N–H and O–H groups in total. The van der Waals surface area contributed by atoms with Crippen LogP contribution in [0.25, 0.3) is 0 Å². The van der Waals surface area contributed by atoms with Crippen molar-refractivity contribution in [2.45, 2.75) is 51.3 Å². The summed E-state index contributed by atoms with van der Waals surface area (Å²) in [6.45, 7) is 2.21. The Labute approximate surface area is 121 Å². The Balaban J connectivity index is 1.84. The minimum Gasteiger partial charge on any atom is -0.376 e. The van der Waals surface area contributed by atoms with Gasteiger partial charge in [0.1, 0.15) is 6.54 Å². The van der Waals surface area contributed by atoms with Gasteiger partial charge in [-0.1, -0.05) is 6.92 Å². The standard InChI is InChI=1S/C13H20F2N4O2/c1-2-9(10-4-3-7-21-10)16-13(20)17-12-5-6-19(18-12)8-11(14)15/h5-6,9-11H,2-4,7-8H2,1H3,(H2,16,17,18,20)/t9-,10+/m1/s1. The molecule has 1 aromatic rings. The monoisotopic (exact) mass is 302 g/mol. The number of ether oxygens (including phenoxy) is 1. The van der Waals surface area contributed by atoms with E-state index in [1.165, 1.54) is 12.3 Å². The number of nitrogens with one attached hydrogen (secondary N) is 2. The Morgan fingerprint density at radius 1 is 1.62 bits per heavy atom. The number of carbonyl (C=O) groups is 1. The minimum absolute atomic E-state index is 0.0390. The number of rotatable bonds is 6. The number of amides is 2. The molecule has 6 nitrogen and oxygen atoms in total. The summed E-state index contributed by atoms with van der Waals surface area (Å²) >= 11 is 0. The zero-order valence-electron chi connectivity index (χ0n) is 11.9. The lowest BCUT2D eigenvalue weighted by Gasteiger charge is -2.22. The molecule has 2 heterocycles. The van der Waals surface area contributed by atoms with Gasteiger partial charge in [0.05, 0.1) is 12.1 Å². The number of alkyl halides is 2. The number of nitrogens with zero attached hydrogens (tertiary/aromatic N) is 2. The van der Waals surface area contributed by atoms with E-state index < -0.39 is 19.0 Å². The summed E-state index contributed by atoms with van der Waals surface area (Å²) in [5.41, 5.74) is 0. The molecule has 0 spiro atoms. The van der Waals surface area contributed by atoms with Crippen molar-refractivity contribution >= 4 is 11.8 Å². The number of hydrogen-bond acceptors (Lipinski definition) is 3. The smallest absolute Gasteiger partial charge is 0.320 e. The lowest BCUT2D eigenvalue weighted by atomic mass is 10.1. The highest BCUT2D eigenvalue weighted by atomic mass is 19.3. The van der Waals surface area contributed by atoms with Gasteiger partial charge in [-0.15, -0.1) is 0 Å². The van der Waals surface area contributed by atoms with Gasteiger partial charge in [-0.25, -0.2) is 13.6 Å². The maximum Gasteiger partial charge on any atom is 0.320 e. The van der Waals surface area contributed by atoms with Crippen molar-refractivity contribution in [1.82, 2.24) is 15.1 Å². The van der Waals surface area contributed by atoms with E-state index in [-0.39, 0.29) is 18.0 Å². The van der Waals surface area contributed by atoms with Gasteiger partial charge in [-0.3, -0.25) is 10.00 Å². The van der Waals surface area contributed by atoms with Crippen LogP contribution in [0, 0.1) is 0 Å². The molecule has 1 fully saturated rings. The van der Waals surface area contributed by atoms with Gasteiger partial charge in [0.2, 0.25) is 0 Å². The topological polar surface area (TPSA) is 68.2 Å². The predicted molar refractivity (Wildman–Crippen MR) is 73.4 cm³/mol. The summed E-state index contributed by atoms with van der Waals surface area (Å²) in [5.74, 6) is 0.246. The first-order valence-corrected chi connectivity index (χ1v) is 7.09. The highest BCUT2D eigenvalue weighted by molar-refractivity contribution is 5.88. The van der Waals surface area contributed by atoms with Crippen molar-refractivity contribution in [3.05, 3.63) is 12.3 Å². The second kappa shape index (κ2) is 7.35. The van der Waals surface area contributed by atoms with Crippen LogP contribution in [-0.2, 0) is 11.3 Å². The van der Waals surface area contributed by atoms with E-state index in [1.807, 2.05) is 6.92 Å². The van der Waals surface area contributed by atoms with E-state index in [0.717, 1.165) is 30.6 Å². The second-order valence-electron chi connectivity index (χ2n) is 4.98. The fraction of sp³-hybridized carbons (Fsp3) is 0.692. The van der Waals surface area contributed by atoms with Crippen molar-refractivity contribution in [2.24, 2.45) is 0 Å². The SMILES string of the molecule is CC[C@@H](NC(=O)Nc1ccn(CC(F)F)n1)[C@@H]1CCCO1. The Hall–Kier alpha value is -1.70. The van der Waals surface area contributed by atoms with Gasteiger partial charge in [0, 0.05) is 18.9 Å². The maximum atomic E-state index is 12.2.